The van der Waals surface area contributed by atoms with E-state index in [4.69, 9.17) is 9.47 Å². The van der Waals surface area contributed by atoms with Crippen molar-refractivity contribution in [3.8, 4) is 5.88 Å². The van der Waals surface area contributed by atoms with Gasteiger partial charge in [-0.1, -0.05) is 6.92 Å². The Morgan fingerprint density at radius 2 is 2.14 bits per heavy atom. The summed E-state index contributed by atoms with van der Waals surface area (Å²) in [4.78, 5) is 31.8. The molecule has 0 aliphatic carbocycles. The molecule has 2 unspecified atom stereocenters. The fraction of sp³-hybridized carbons (Fsp3) is 0.583. The second-order valence-electron chi connectivity index (χ2n) is 4.82. The Morgan fingerprint density at radius 3 is 2.71 bits per heavy atom. The molecule has 2 rings (SSSR count). The van der Waals surface area contributed by atoms with Gasteiger partial charge in [0.2, 0.25) is 5.82 Å². The Bertz CT molecular complexity index is 565. The summed E-state index contributed by atoms with van der Waals surface area (Å²) in [6.45, 7) is 2.68. The lowest BCUT2D eigenvalue weighted by Crippen LogP contribution is -2.25. The smallest absolute Gasteiger partial charge is 0.372 e. The maximum Gasteiger partial charge on any atom is 0.372 e. The highest BCUT2D eigenvalue weighted by molar-refractivity contribution is 5.75. The van der Waals surface area contributed by atoms with Gasteiger partial charge in [0.15, 0.2) is 0 Å². The number of esters is 1. The van der Waals surface area contributed by atoms with Crippen molar-refractivity contribution >= 4 is 17.5 Å². The van der Waals surface area contributed by atoms with Crippen molar-refractivity contribution in [3.63, 3.8) is 0 Å². The lowest BCUT2D eigenvalue weighted by Gasteiger charge is -2.17. The van der Waals surface area contributed by atoms with Crippen LogP contribution < -0.4 is 9.64 Å². The van der Waals surface area contributed by atoms with Crippen molar-refractivity contribution < 1.29 is 19.2 Å². The minimum atomic E-state index is -0.579. The molecule has 0 radical (unpaired) electrons. The van der Waals surface area contributed by atoms with Gasteiger partial charge in [-0.05, 0) is 5.92 Å². The number of carbonyl (C=O) groups is 1. The molecule has 0 N–H and O–H groups in total. The molecule has 21 heavy (non-hydrogen) atoms. The molecule has 0 saturated carbocycles. The van der Waals surface area contributed by atoms with Gasteiger partial charge in [-0.15, -0.1) is 0 Å². The van der Waals surface area contributed by atoms with Crippen molar-refractivity contribution in [2.45, 2.75) is 6.92 Å². The third-order valence-electron chi connectivity index (χ3n) is 3.56. The van der Waals surface area contributed by atoms with E-state index in [1.807, 2.05) is 6.92 Å². The first-order chi connectivity index (χ1) is 9.99. The zero-order valence-corrected chi connectivity index (χ0v) is 12.0. The van der Waals surface area contributed by atoms with Crippen LogP contribution in [0.15, 0.2) is 6.33 Å². The number of carbonyl (C=O) groups excluding carboxylic acids is 1. The van der Waals surface area contributed by atoms with E-state index in [0.717, 1.165) is 0 Å². The largest absolute Gasteiger partial charge is 0.476 e. The summed E-state index contributed by atoms with van der Waals surface area (Å²) in [6.07, 6.45) is 1.21. The topological polar surface area (TPSA) is 108 Å². The predicted octanol–water partition coefficient (Wildman–Crippen LogP) is 0.639. The monoisotopic (exact) mass is 296 g/mol. The zero-order valence-electron chi connectivity index (χ0n) is 12.0. The van der Waals surface area contributed by atoms with E-state index in [1.54, 1.807) is 4.90 Å². The molecule has 0 spiro atoms. The van der Waals surface area contributed by atoms with Crippen molar-refractivity contribution in [3.05, 3.63) is 16.4 Å². The van der Waals surface area contributed by atoms with Crippen LogP contribution >= 0.6 is 0 Å². The Hall–Kier alpha value is -2.45. The van der Waals surface area contributed by atoms with E-state index in [0.29, 0.717) is 13.1 Å². The second kappa shape index (κ2) is 5.90. The molecule has 2 heterocycles. The summed E-state index contributed by atoms with van der Waals surface area (Å²) in [7, 11) is 2.64. The first kappa shape index (κ1) is 14.9. The SMILES string of the molecule is COC(=O)C1CN(c2ncnc(OC)c2[N+](=O)[O-])CC1C. The number of methoxy groups -OCH3 is 2. The number of hydrogen-bond acceptors (Lipinski definition) is 8. The maximum absolute atomic E-state index is 11.7. The summed E-state index contributed by atoms with van der Waals surface area (Å²) in [5.41, 5.74) is -0.294. The fourth-order valence-electron chi connectivity index (χ4n) is 2.49. The second-order valence-corrected chi connectivity index (χ2v) is 4.82. The number of aromatic nitrogens is 2. The number of nitro groups is 1. The van der Waals surface area contributed by atoms with Gasteiger partial charge >= 0.3 is 11.7 Å². The molecule has 0 bridgehead atoms. The Balaban J connectivity index is 2.36. The van der Waals surface area contributed by atoms with Crippen LogP contribution in [-0.2, 0) is 9.53 Å². The third-order valence-corrected chi connectivity index (χ3v) is 3.56. The molecule has 1 aliphatic rings. The highest BCUT2D eigenvalue weighted by Gasteiger charge is 2.39. The average Bonchev–Trinajstić information content (AvgIpc) is 2.87. The van der Waals surface area contributed by atoms with E-state index >= 15 is 0 Å². The standard InChI is InChI=1S/C12H16N4O5/c1-7-4-15(5-8(7)12(17)21-3)10-9(16(18)19)11(20-2)14-6-13-10/h6-8H,4-5H2,1-3H3. The fourth-order valence-corrected chi connectivity index (χ4v) is 2.49. The molecule has 1 aromatic heterocycles. The van der Waals surface area contributed by atoms with Crippen LogP contribution in [-0.4, -0.2) is 48.2 Å². The molecule has 1 fully saturated rings. The molecule has 114 valence electrons. The first-order valence-electron chi connectivity index (χ1n) is 6.35. The highest BCUT2D eigenvalue weighted by atomic mass is 16.6. The summed E-state index contributed by atoms with van der Waals surface area (Å²) in [6, 6.07) is 0. The van der Waals surface area contributed by atoms with Crippen molar-refractivity contribution in [1.82, 2.24) is 9.97 Å². The first-order valence-corrected chi connectivity index (χ1v) is 6.35. The summed E-state index contributed by atoms with van der Waals surface area (Å²) >= 11 is 0. The van der Waals surface area contributed by atoms with E-state index in [-0.39, 0.29) is 35.2 Å². The van der Waals surface area contributed by atoms with E-state index in [2.05, 4.69) is 9.97 Å². The maximum atomic E-state index is 11.7. The van der Waals surface area contributed by atoms with Crippen LogP contribution in [0, 0.1) is 22.0 Å². The highest BCUT2D eigenvalue weighted by Crippen LogP contribution is 2.37. The van der Waals surface area contributed by atoms with Gasteiger partial charge in [-0.3, -0.25) is 14.9 Å². The lowest BCUT2D eigenvalue weighted by atomic mass is 9.99. The summed E-state index contributed by atoms with van der Waals surface area (Å²) < 4.78 is 9.67. The number of anilines is 1. The van der Waals surface area contributed by atoms with Gasteiger partial charge < -0.3 is 14.4 Å². The number of ether oxygens (including phenoxy) is 2. The quantitative estimate of drug-likeness (QED) is 0.452. The normalized spacial score (nSPS) is 21.2. The van der Waals surface area contributed by atoms with Gasteiger partial charge in [0.05, 0.1) is 25.1 Å². The molecule has 1 aliphatic heterocycles. The van der Waals surface area contributed by atoms with Gasteiger partial charge in [0, 0.05) is 13.1 Å². The molecule has 9 nitrogen and oxygen atoms in total. The number of rotatable bonds is 4. The third kappa shape index (κ3) is 2.71. The molecule has 1 aromatic rings. The van der Waals surface area contributed by atoms with Crippen LogP contribution in [0.25, 0.3) is 0 Å². The van der Waals surface area contributed by atoms with Crippen LogP contribution in [0.4, 0.5) is 11.5 Å². The molecule has 2 atom stereocenters. The Morgan fingerprint density at radius 1 is 1.43 bits per heavy atom. The minimum absolute atomic E-state index is 0.0121. The van der Waals surface area contributed by atoms with Crippen molar-refractivity contribution in [2.24, 2.45) is 11.8 Å². The van der Waals surface area contributed by atoms with Crippen LogP contribution in [0.3, 0.4) is 0 Å². The summed E-state index contributed by atoms with van der Waals surface area (Å²) in [5.74, 6) is -0.591. The van der Waals surface area contributed by atoms with E-state index in [9.17, 15) is 14.9 Å². The van der Waals surface area contributed by atoms with Crippen LogP contribution in [0.5, 0.6) is 5.88 Å². The summed E-state index contributed by atoms with van der Waals surface area (Å²) in [5, 5.41) is 11.2. The molecule has 0 aromatic carbocycles. The van der Waals surface area contributed by atoms with Gasteiger partial charge in [-0.2, -0.15) is 4.98 Å². The van der Waals surface area contributed by atoms with Crippen molar-refractivity contribution in [1.29, 1.82) is 0 Å². The zero-order chi connectivity index (χ0) is 15.6. The Labute approximate surface area is 121 Å². The number of nitrogens with zero attached hydrogens (tertiary/aromatic N) is 4. The predicted molar refractivity (Wildman–Crippen MR) is 72.1 cm³/mol. The molecule has 0 amide bonds. The van der Waals surface area contributed by atoms with Gasteiger partial charge in [0.1, 0.15) is 6.33 Å². The Kier molecular flexibility index (Phi) is 4.20. The number of hydrogen-bond donors (Lipinski definition) is 0. The van der Waals surface area contributed by atoms with Gasteiger partial charge in [0.25, 0.3) is 5.88 Å². The van der Waals surface area contributed by atoms with Gasteiger partial charge in [-0.25, -0.2) is 4.98 Å². The van der Waals surface area contributed by atoms with Crippen LogP contribution in [0.2, 0.25) is 0 Å². The lowest BCUT2D eigenvalue weighted by molar-refractivity contribution is -0.385. The molecular formula is C12H16N4O5. The van der Waals surface area contributed by atoms with E-state index < -0.39 is 4.92 Å². The minimum Gasteiger partial charge on any atom is -0.476 e. The van der Waals surface area contributed by atoms with Crippen molar-refractivity contribution in [2.75, 3.05) is 32.2 Å². The molecular weight excluding hydrogens is 280 g/mol. The molecule has 9 heteroatoms. The van der Waals surface area contributed by atoms with E-state index in [1.165, 1.54) is 20.5 Å². The van der Waals surface area contributed by atoms with Crippen LogP contribution in [0.1, 0.15) is 6.92 Å². The molecule has 1 saturated heterocycles. The average molecular weight is 296 g/mol.